The molecule has 4 N–H and O–H groups in total. The third-order valence-corrected chi connectivity index (χ3v) is 2.08. The molecule has 0 atom stereocenters. The molecule has 92 valence electrons. The number of carbonyl (C=O) groups excluding carboxylic acids is 2. The minimum absolute atomic E-state index is 0.0304. The number of imide groups is 1. The molecule has 0 spiro atoms. The first-order valence-corrected chi connectivity index (χ1v) is 5.13. The van der Waals surface area contributed by atoms with Gasteiger partial charge in [0.05, 0.1) is 6.54 Å². The van der Waals surface area contributed by atoms with E-state index in [1.54, 1.807) is 18.2 Å². The molecule has 3 amide bonds. The van der Waals surface area contributed by atoms with E-state index in [1.807, 2.05) is 5.32 Å². The first-order chi connectivity index (χ1) is 8.09. The molecule has 0 bridgehead atoms. The number of benzene rings is 1. The lowest BCUT2D eigenvalue weighted by Gasteiger charge is -2.05. The smallest absolute Gasteiger partial charge is 0.318 e. The maximum atomic E-state index is 13.2. The zero-order valence-electron chi connectivity index (χ0n) is 9.20. The first kappa shape index (κ1) is 13.1. The van der Waals surface area contributed by atoms with Crippen LogP contribution in [-0.2, 0) is 11.2 Å². The SMILES string of the molecule is NC(=O)NC(=O)CNCCc1ccccc1F. The number of nitrogens with one attached hydrogen (secondary N) is 2. The Hall–Kier alpha value is -1.95. The van der Waals surface area contributed by atoms with Gasteiger partial charge < -0.3 is 11.1 Å². The van der Waals surface area contributed by atoms with Crippen molar-refractivity contribution in [2.24, 2.45) is 5.73 Å². The van der Waals surface area contributed by atoms with Gasteiger partial charge in [0.2, 0.25) is 5.91 Å². The number of amides is 3. The lowest BCUT2D eigenvalue weighted by molar-refractivity contribution is -0.119. The number of primary amides is 1. The zero-order valence-corrected chi connectivity index (χ0v) is 9.20. The highest BCUT2D eigenvalue weighted by atomic mass is 19.1. The molecule has 0 aliphatic carbocycles. The van der Waals surface area contributed by atoms with E-state index in [-0.39, 0.29) is 12.4 Å². The third-order valence-electron chi connectivity index (χ3n) is 2.08. The summed E-state index contributed by atoms with van der Waals surface area (Å²) in [6, 6.07) is 5.55. The Balaban J connectivity index is 2.23. The van der Waals surface area contributed by atoms with E-state index >= 15 is 0 Å². The molecule has 0 aliphatic rings. The van der Waals surface area contributed by atoms with Crippen LogP contribution in [-0.4, -0.2) is 25.0 Å². The summed E-state index contributed by atoms with van der Waals surface area (Å²) >= 11 is 0. The van der Waals surface area contributed by atoms with Gasteiger partial charge in [0.1, 0.15) is 5.82 Å². The van der Waals surface area contributed by atoms with E-state index in [2.05, 4.69) is 5.32 Å². The molecule has 5 nitrogen and oxygen atoms in total. The average Bonchev–Trinajstić information content (AvgIpc) is 2.25. The van der Waals surface area contributed by atoms with Gasteiger partial charge in [0.25, 0.3) is 0 Å². The molecule has 0 heterocycles. The standard InChI is InChI=1S/C11H14FN3O2/c12-9-4-2-1-3-8(9)5-6-14-7-10(16)15-11(13)17/h1-4,14H,5-7H2,(H3,13,15,16,17). The van der Waals surface area contributed by atoms with Gasteiger partial charge in [0.15, 0.2) is 0 Å². The number of hydrogen-bond donors (Lipinski definition) is 3. The minimum atomic E-state index is -0.883. The van der Waals surface area contributed by atoms with Crippen LogP contribution in [0.3, 0.4) is 0 Å². The van der Waals surface area contributed by atoms with Crippen LogP contribution in [0.5, 0.6) is 0 Å². The largest absolute Gasteiger partial charge is 0.351 e. The fourth-order valence-corrected chi connectivity index (χ4v) is 1.31. The van der Waals surface area contributed by atoms with Crippen molar-refractivity contribution >= 4 is 11.9 Å². The number of carbonyl (C=O) groups is 2. The van der Waals surface area contributed by atoms with Gasteiger partial charge in [0, 0.05) is 0 Å². The highest BCUT2D eigenvalue weighted by Crippen LogP contribution is 2.05. The summed E-state index contributed by atoms with van der Waals surface area (Å²) in [5, 5.41) is 4.70. The summed E-state index contributed by atoms with van der Waals surface area (Å²) in [5.74, 6) is -0.776. The molecule has 0 saturated heterocycles. The van der Waals surface area contributed by atoms with E-state index in [0.29, 0.717) is 18.5 Å². The Kier molecular flexibility index (Phi) is 5.09. The molecule has 0 fully saturated rings. The lowest BCUT2D eigenvalue weighted by atomic mass is 10.1. The van der Waals surface area contributed by atoms with Crippen molar-refractivity contribution in [3.05, 3.63) is 35.6 Å². The summed E-state index contributed by atoms with van der Waals surface area (Å²) < 4.78 is 13.2. The van der Waals surface area contributed by atoms with Crippen molar-refractivity contribution in [2.75, 3.05) is 13.1 Å². The van der Waals surface area contributed by atoms with Gasteiger partial charge in [-0.3, -0.25) is 10.1 Å². The van der Waals surface area contributed by atoms with Crippen LogP contribution in [0.25, 0.3) is 0 Å². The van der Waals surface area contributed by atoms with Crippen molar-refractivity contribution < 1.29 is 14.0 Å². The van der Waals surface area contributed by atoms with Crippen LogP contribution >= 0.6 is 0 Å². The van der Waals surface area contributed by atoms with Crippen LogP contribution in [0.15, 0.2) is 24.3 Å². The van der Waals surface area contributed by atoms with Gasteiger partial charge in [-0.2, -0.15) is 0 Å². The van der Waals surface area contributed by atoms with Gasteiger partial charge >= 0.3 is 6.03 Å². The molecule has 17 heavy (non-hydrogen) atoms. The predicted molar refractivity (Wildman–Crippen MR) is 60.7 cm³/mol. The summed E-state index contributed by atoms with van der Waals surface area (Å²) in [7, 11) is 0. The fraction of sp³-hybridized carbons (Fsp3) is 0.273. The van der Waals surface area contributed by atoms with Crippen LogP contribution in [0.2, 0.25) is 0 Å². The molecule has 1 aromatic carbocycles. The van der Waals surface area contributed by atoms with Crippen molar-refractivity contribution in [3.8, 4) is 0 Å². The molecular formula is C11H14FN3O2. The van der Waals surface area contributed by atoms with Crippen LogP contribution in [0.4, 0.5) is 9.18 Å². The van der Waals surface area contributed by atoms with Gasteiger partial charge in [-0.25, -0.2) is 9.18 Å². The Morgan fingerprint density at radius 3 is 2.65 bits per heavy atom. The third kappa shape index (κ3) is 5.07. The second-order valence-electron chi connectivity index (χ2n) is 3.43. The molecule has 0 aromatic heterocycles. The fourth-order valence-electron chi connectivity index (χ4n) is 1.31. The van der Waals surface area contributed by atoms with Crippen molar-refractivity contribution in [3.63, 3.8) is 0 Å². The van der Waals surface area contributed by atoms with Crippen molar-refractivity contribution in [2.45, 2.75) is 6.42 Å². The minimum Gasteiger partial charge on any atom is -0.351 e. The number of urea groups is 1. The summed E-state index contributed by atoms with van der Waals surface area (Å²) in [6.45, 7) is 0.407. The van der Waals surface area contributed by atoms with Gasteiger partial charge in [-0.15, -0.1) is 0 Å². The van der Waals surface area contributed by atoms with Crippen molar-refractivity contribution in [1.29, 1.82) is 0 Å². The Labute approximate surface area is 98.2 Å². The molecule has 1 rings (SSSR count). The van der Waals surface area contributed by atoms with Crippen molar-refractivity contribution in [1.82, 2.24) is 10.6 Å². The molecule has 1 aromatic rings. The second kappa shape index (κ2) is 6.59. The number of hydrogen-bond acceptors (Lipinski definition) is 3. The van der Waals surface area contributed by atoms with E-state index in [4.69, 9.17) is 5.73 Å². The Morgan fingerprint density at radius 2 is 2.00 bits per heavy atom. The van der Waals surface area contributed by atoms with E-state index in [1.165, 1.54) is 6.07 Å². The van der Waals surface area contributed by atoms with E-state index in [9.17, 15) is 14.0 Å². The first-order valence-electron chi connectivity index (χ1n) is 5.13. The molecule has 0 aliphatic heterocycles. The van der Waals surface area contributed by atoms with Crippen LogP contribution < -0.4 is 16.4 Å². The average molecular weight is 239 g/mol. The highest BCUT2D eigenvalue weighted by molar-refractivity contribution is 5.94. The molecule has 0 unspecified atom stereocenters. The number of halogens is 1. The zero-order chi connectivity index (χ0) is 12.7. The lowest BCUT2D eigenvalue weighted by Crippen LogP contribution is -2.41. The monoisotopic (exact) mass is 239 g/mol. The highest BCUT2D eigenvalue weighted by Gasteiger charge is 2.04. The van der Waals surface area contributed by atoms with E-state index in [0.717, 1.165) is 0 Å². The normalized spacial score (nSPS) is 9.94. The van der Waals surface area contributed by atoms with Crippen LogP contribution in [0, 0.1) is 5.82 Å². The van der Waals surface area contributed by atoms with E-state index < -0.39 is 11.9 Å². The molecule has 0 radical (unpaired) electrons. The molecule has 6 heteroatoms. The Morgan fingerprint density at radius 1 is 1.29 bits per heavy atom. The molecule has 0 saturated carbocycles. The Bertz CT molecular complexity index is 409. The van der Waals surface area contributed by atoms with Gasteiger partial charge in [-0.05, 0) is 24.6 Å². The van der Waals surface area contributed by atoms with Crippen LogP contribution in [0.1, 0.15) is 5.56 Å². The second-order valence-corrected chi connectivity index (χ2v) is 3.43. The maximum absolute atomic E-state index is 13.2. The molecular weight excluding hydrogens is 225 g/mol. The topological polar surface area (TPSA) is 84.2 Å². The number of rotatable bonds is 5. The summed E-state index contributed by atoms with van der Waals surface area (Å²) in [5.41, 5.74) is 5.34. The quantitative estimate of drug-likeness (QED) is 0.639. The van der Waals surface area contributed by atoms with Gasteiger partial charge in [-0.1, -0.05) is 18.2 Å². The summed E-state index contributed by atoms with van der Waals surface area (Å²) in [4.78, 5) is 21.3. The summed E-state index contributed by atoms with van der Waals surface area (Å²) in [6.07, 6.45) is 0.469. The maximum Gasteiger partial charge on any atom is 0.318 e. The predicted octanol–water partition coefficient (Wildman–Crippen LogP) is 0.153. The number of nitrogens with two attached hydrogens (primary N) is 1.